The summed E-state index contributed by atoms with van der Waals surface area (Å²) in [5, 5.41) is 18.0. The van der Waals surface area contributed by atoms with Crippen LogP contribution >= 0.6 is 0 Å². The third-order valence-electron chi connectivity index (χ3n) is 2.61. The average Bonchev–Trinajstić information content (AvgIpc) is 2.34. The Morgan fingerprint density at radius 1 is 1.22 bits per heavy atom. The summed E-state index contributed by atoms with van der Waals surface area (Å²) >= 11 is 0. The van der Waals surface area contributed by atoms with Gasteiger partial charge in [0.25, 0.3) is 5.91 Å². The van der Waals surface area contributed by atoms with Crippen molar-refractivity contribution in [3.8, 4) is 0 Å². The summed E-state index contributed by atoms with van der Waals surface area (Å²) in [6, 6.07) is 5.97. The van der Waals surface area contributed by atoms with E-state index in [9.17, 15) is 9.59 Å². The van der Waals surface area contributed by atoms with Crippen LogP contribution in [-0.4, -0.2) is 46.2 Å². The predicted octanol–water partition coefficient (Wildman–Crippen LogP) is 1.23. The highest BCUT2D eigenvalue weighted by atomic mass is 16.4. The number of aromatic carboxylic acids is 1. The molecule has 1 amide bonds. The van der Waals surface area contributed by atoms with E-state index < -0.39 is 5.97 Å². The number of hydrogen-bond donors (Lipinski definition) is 2. The highest BCUT2D eigenvalue weighted by Gasteiger charge is 2.22. The molecule has 18 heavy (non-hydrogen) atoms. The van der Waals surface area contributed by atoms with Crippen LogP contribution in [0.15, 0.2) is 24.3 Å². The summed E-state index contributed by atoms with van der Waals surface area (Å²) < 4.78 is 0. The number of carbonyl (C=O) groups is 2. The van der Waals surface area contributed by atoms with Crippen molar-refractivity contribution in [2.24, 2.45) is 0 Å². The first-order chi connectivity index (χ1) is 8.49. The van der Waals surface area contributed by atoms with Gasteiger partial charge in [-0.05, 0) is 26.0 Å². The first-order valence-electron chi connectivity index (χ1n) is 5.73. The smallest absolute Gasteiger partial charge is 0.336 e. The highest BCUT2D eigenvalue weighted by Crippen LogP contribution is 2.13. The topological polar surface area (TPSA) is 77.8 Å². The van der Waals surface area contributed by atoms with Crippen molar-refractivity contribution < 1.29 is 19.8 Å². The van der Waals surface area contributed by atoms with Gasteiger partial charge in [-0.1, -0.05) is 12.1 Å². The lowest BCUT2D eigenvalue weighted by atomic mass is 10.1. The van der Waals surface area contributed by atoms with Crippen LogP contribution < -0.4 is 0 Å². The lowest BCUT2D eigenvalue weighted by molar-refractivity contribution is 0.0636. The van der Waals surface area contributed by atoms with Crippen molar-refractivity contribution in [2.45, 2.75) is 19.9 Å². The SMILES string of the molecule is CC(C)N(CCO)C(=O)c1ccccc1C(=O)O. The summed E-state index contributed by atoms with van der Waals surface area (Å²) in [6.45, 7) is 3.66. The minimum atomic E-state index is -1.13. The molecule has 0 aliphatic rings. The van der Waals surface area contributed by atoms with Gasteiger partial charge in [-0.15, -0.1) is 0 Å². The molecule has 0 bridgehead atoms. The fraction of sp³-hybridized carbons (Fsp3) is 0.385. The Morgan fingerprint density at radius 2 is 1.78 bits per heavy atom. The van der Waals surface area contributed by atoms with Crippen LogP contribution in [-0.2, 0) is 0 Å². The largest absolute Gasteiger partial charge is 0.478 e. The molecule has 5 nitrogen and oxygen atoms in total. The summed E-state index contributed by atoms with van der Waals surface area (Å²) in [7, 11) is 0. The number of rotatable bonds is 5. The number of aliphatic hydroxyl groups excluding tert-OH is 1. The number of benzene rings is 1. The normalized spacial score (nSPS) is 10.4. The number of carboxylic acids is 1. The zero-order valence-electron chi connectivity index (χ0n) is 10.5. The van der Waals surface area contributed by atoms with Crippen LogP contribution in [0.4, 0.5) is 0 Å². The second-order valence-electron chi connectivity index (χ2n) is 4.17. The van der Waals surface area contributed by atoms with Gasteiger partial charge in [0.2, 0.25) is 0 Å². The molecule has 2 N–H and O–H groups in total. The Balaban J connectivity index is 3.12. The molecule has 0 fully saturated rings. The van der Waals surface area contributed by atoms with E-state index in [1.807, 2.05) is 13.8 Å². The molecule has 0 saturated heterocycles. The number of amides is 1. The quantitative estimate of drug-likeness (QED) is 0.825. The molecule has 1 rings (SSSR count). The van der Waals surface area contributed by atoms with Crippen LogP contribution in [0.2, 0.25) is 0 Å². The van der Waals surface area contributed by atoms with E-state index in [0.29, 0.717) is 0 Å². The van der Waals surface area contributed by atoms with Crippen LogP contribution in [0.1, 0.15) is 34.6 Å². The summed E-state index contributed by atoms with van der Waals surface area (Å²) in [6.07, 6.45) is 0. The molecule has 0 radical (unpaired) electrons. The molecular formula is C13H17NO4. The Bertz CT molecular complexity index is 442. The van der Waals surface area contributed by atoms with Crippen molar-refractivity contribution in [3.05, 3.63) is 35.4 Å². The number of hydrogen-bond acceptors (Lipinski definition) is 3. The van der Waals surface area contributed by atoms with Gasteiger partial charge in [-0.2, -0.15) is 0 Å². The molecule has 5 heteroatoms. The predicted molar refractivity (Wildman–Crippen MR) is 66.7 cm³/mol. The average molecular weight is 251 g/mol. The van der Waals surface area contributed by atoms with Gasteiger partial charge in [0.05, 0.1) is 17.7 Å². The van der Waals surface area contributed by atoms with Crippen molar-refractivity contribution >= 4 is 11.9 Å². The maximum absolute atomic E-state index is 12.3. The van der Waals surface area contributed by atoms with Crippen LogP contribution in [0.25, 0.3) is 0 Å². The molecule has 98 valence electrons. The molecule has 0 aliphatic carbocycles. The molecule has 0 saturated carbocycles. The van der Waals surface area contributed by atoms with E-state index in [2.05, 4.69) is 0 Å². The van der Waals surface area contributed by atoms with E-state index in [0.717, 1.165) is 0 Å². The first-order valence-corrected chi connectivity index (χ1v) is 5.73. The highest BCUT2D eigenvalue weighted by molar-refractivity contribution is 6.04. The summed E-state index contributed by atoms with van der Waals surface area (Å²) in [5.74, 6) is -1.51. The van der Waals surface area contributed by atoms with Gasteiger partial charge in [-0.3, -0.25) is 4.79 Å². The number of carbonyl (C=O) groups excluding carboxylic acids is 1. The van der Waals surface area contributed by atoms with Gasteiger partial charge in [0.1, 0.15) is 0 Å². The summed E-state index contributed by atoms with van der Waals surface area (Å²) in [4.78, 5) is 24.8. The monoisotopic (exact) mass is 251 g/mol. The molecule has 0 spiro atoms. The number of carboxylic acid groups (broad SMARTS) is 1. The van der Waals surface area contributed by atoms with Crippen molar-refractivity contribution in [3.63, 3.8) is 0 Å². The lowest BCUT2D eigenvalue weighted by Crippen LogP contribution is -2.39. The van der Waals surface area contributed by atoms with Crippen molar-refractivity contribution in [1.82, 2.24) is 4.90 Å². The summed E-state index contributed by atoms with van der Waals surface area (Å²) in [5.41, 5.74) is 0.123. The molecule has 1 aromatic rings. The van der Waals surface area contributed by atoms with Crippen LogP contribution in [0, 0.1) is 0 Å². The second-order valence-corrected chi connectivity index (χ2v) is 4.17. The Hall–Kier alpha value is -1.88. The van der Waals surface area contributed by atoms with E-state index in [-0.39, 0.29) is 36.2 Å². The number of aliphatic hydroxyl groups is 1. The molecule has 0 atom stereocenters. The first kappa shape index (κ1) is 14.2. The van der Waals surface area contributed by atoms with Crippen LogP contribution in [0.5, 0.6) is 0 Å². The molecule has 0 aliphatic heterocycles. The van der Waals surface area contributed by atoms with Gasteiger partial charge < -0.3 is 15.1 Å². The Labute approximate surface area is 106 Å². The third-order valence-corrected chi connectivity index (χ3v) is 2.61. The van der Waals surface area contributed by atoms with E-state index in [4.69, 9.17) is 10.2 Å². The zero-order chi connectivity index (χ0) is 13.7. The number of nitrogens with zero attached hydrogens (tertiary/aromatic N) is 1. The maximum atomic E-state index is 12.3. The molecule has 0 aromatic heterocycles. The minimum absolute atomic E-state index is 0.0221. The zero-order valence-corrected chi connectivity index (χ0v) is 10.5. The molecule has 0 unspecified atom stereocenters. The Kier molecular flexibility index (Phi) is 4.85. The van der Waals surface area contributed by atoms with Crippen molar-refractivity contribution in [2.75, 3.05) is 13.2 Å². The molecular weight excluding hydrogens is 234 g/mol. The van der Waals surface area contributed by atoms with Gasteiger partial charge >= 0.3 is 5.97 Å². The van der Waals surface area contributed by atoms with E-state index >= 15 is 0 Å². The second kappa shape index (κ2) is 6.16. The lowest BCUT2D eigenvalue weighted by Gasteiger charge is -2.26. The maximum Gasteiger partial charge on any atom is 0.336 e. The van der Waals surface area contributed by atoms with E-state index in [1.165, 1.54) is 17.0 Å². The fourth-order valence-corrected chi connectivity index (χ4v) is 1.71. The Morgan fingerprint density at radius 3 is 2.22 bits per heavy atom. The van der Waals surface area contributed by atoms with Gasteiger partial charge in [0.15, 0.2) is 0 Å². The van der Waals surface area contributed by atoms with E-state index in [1.54, 1.807) is 12.1 Å². The van der Waals surface area contributed by atoms with Crippen LogP contribution in [0.3, 0.4) is 0 Å². The minimum Gasteiger partial charge on any atom is -0.478 e. The fourth-order valence-electron chi connectivity index (χ4n) is 1.71. The van der Waals surface area contributed by atoms with Gasteiger partial charge in [-0.25, -0.2) is 4.79 Å². The standard InChI is InChI=1S/C13H17NO4/c1-9(2)14(7-8-15)12(16)10-5-3-4-6-11(10)13(17)18/h3-6,9,15H,7-8H2,1-2H3,(H,17,18). The molecule has 1 aromatic carbocycles. The van der Waals surface area contributed by atoms with Gasteiger partial charge in [0, 0.05) is 12.6 Å². The molecule has 0 heterocycles. The van der Waals surface area contributed by atoms with Crippen molar-refractivity contribution in [1.29, 1.82) is 0 Å². The third kappa shape index (κ3) is 3.07.